The van der Waals surface area contributed by atoms with Crippen molar-refractivity contribution in [3.05, 3.63) is 64.5 Å². The van der Waals surface area contributed by atoms with Crippen molar-refractivity contribution >= 4 is 28.8 Å². The molecule has 176 valence electrons. The lowest BCUT2D eigenvalue weighted by Crippen LogP contribution is -2.33. The first-order chi connectivity index (χ1) is 16.4. The summed E-state index contributed by atoms with van der Waals surface area (Å²) in [7, 11) is 0. The minimum Gasteiger partial charge on any atom is -0.404 e. The molecule has 34 heavy (non-hydrogen) atoms. The molecule has 2 aliphatic rings. The second-order valence-corrected chi connectivity index (χ2v) is 9.59. The SMILES string of the molecule is Cc1ccc2c(-c3ccc(Cl)cc3F)nc([C@@H]3C[C@@H](/C(C=NC4CC4)=C/N)O[C@@H](C)C3)nc2n1. The van der Waals surface area contributed by atoms with E-state index in [4.69, 9.17) is 32.0 Å². The summed E-state index contributed by atoms with van der Waals surface area (Å²) >= 11 is 6.00. The van der Waals surface area contributed by atoms with Gasteiger partial charge in [0.25, 0.3) is 0 Å². The number of aliphatic imine (C=N–C) groups is 1. The Bertz CT molecular complexity index is 1290. The predicted octanol–water partition coefficient (Wildman–Crippen LogP) is 5.52. The quantitative estimate of drug-likeness (QED) is 0.487. The number of benzene rings is 1. The van der Waals surface area contributed by atoms with Crippen molar-refractivity contribution in [2.24, 2.45) is 10.7 Å². The standard InChI is InChI=1S/C26H27ClFN5O/c1-14-3-7-21-24(20-8-4-18(27)11-22(20)28)32-25(33-26(21)31-14)16-9-15(2)34-23(10-16)17(12-29)13-30-19-5-6-19/h3-4,7-8,11-13,15-16,19,23H,5-6,9-10,29H2,1-2H3/b17-12+,30-13?/t15-,16-,23-/m0/s1. The first kappa shape index (κ1) is 22.9. The second kappa shape index (κ2) is 9.39. The van der Waals surface area contributed by atoms with Gasteiger partial charge in [-0.2, -0.15) is 0 Å². The molecule has 0 radical (unpaired) electrons. The van der Waals surface area contributed by atoms with Crippen molar-refractivity contribution in [1.29, 1.82) is 0 Å². The third kappa shape index (κ3) is 4.81. The highest BCUT2D eigenvalue weighted by atomic mass is 35.5. The van der Waals surface area contributed by atoms with E-state index in [1.54, 1.807) is 18.3 Å². The molecule has 1 aromatic carbocycles. The highest BCUT2D eigenvalue weighted by molar-refractivity contribution is 6.30. The number of aromatic nitrogens is 3. The van der Waals surface area contributed by atoms with Gasteiger partial charge in [-0.25, -0.2) is 19.3 Å². The van der Waals surface area contributed by atoms with E-state index in [1.165, 1.54) is 6.07 Å². The largest absolute Gasteiger partial charge is 0.404 e. The zero-order chi connectivity index (χ0) is 23.8. The molecule has 1 aliphatic carbocycles. The Balaban J connectivity index is 1.56. The van der Waals surface area contributed by atoms with Gasteiger partial charge >= 0.3 is 0 Å². The van der Waals surface area contributed by atoms with Crippen molar-refractivity contribution in [3.8, 4) is 11.3 Å². The molecule has 2 aromatic heterocycles. The summed E-state index contributed by atoms with van der Waals surface area (Å²) in [5.74, 6) is 0.200. The number of halogens is 2. The third-order valence-corrected chi connectivity index (χ3v) is 6.56. The summed E-state index contributed by atoms with van der Waals surface area (Å²) in [4.78, 5) is 18.9. The summed E-state index contributed by atoms with van der Waals surface area (Å²) in [6.07, 6.45) is 6.85. The monoisotopic (exact) mass is 479 g/mol. The number of aryl methyl sites for hydroxylation is 1. The first-order valence-corrected chi connectivity index (χ1v) is 12.0. The van der Waals surface area contributed by atoms with Crippen molar-refractivity contribution in [2.45, 2.75) is 63.7 Å². The molecule has 0 amide bonds. The van der Waals surface area contributed by atoms with Crippen molar-refractivity contribution in [2.75, 3.05) is 0 Å². The van der Waals surface area contributed by atoms with Crippen molar-refractivity contribution < 1.29 is 9.13 Å². The molecule has 6 nitrogen and oxygen atoms in total. The molecule has 5 rings (SSSR count). The Morgan fingerprint density at radius 1 is 1.18 bits per heavy atom. The predicted molar refractivity (Wildman–Crippen MR) is 133 cm³/mol. The van der Waals surface area contributed by atoms with Crippen molar-refractivity contribution in [3.63, 3.8) is 0 Å². The minimum atomic E-state index is -0.429. The van der Waals surface area contributed by atoms with E-state index in [-0.39, 0.29) is 18.1 Å². The van der Waals surface area contributed by atoms with Gasteiger partial charge in [0.05, 0.1) is 23.9 Å². The van der Waals surface area contributed by atoms with Gasteiger partial charge in [-0.15, -0.1) is 0 Å². The molecule has 0 spiro atoms. The number of hydrogen-bond donors (Lipinski definition) is 1. The zero-order valence-electron chi connectivity index (χ0n) is 19.2. The van der Waals surface area contributed by atoms with Crippen molar-refractivity contribution in [1.82, 2.24) is 15.0 Å². The summed E-state index contributed by atoms with van der Waals surface area (Å²) in [6, 6.07) is 8.80. The van der Waals surface area contributed by atoms with E-state index in [9.17, 15) is 4.39 Å². The fourth-order valence-electron chi connectivity index (χ4n) is 4.41. The average molecular weight is 480 g/mol. The number of rotatable bonds is 5. The molecule has 8 heteroatoms. The fourth-order valence-corrected chi connectivity index (χ4v) is 4.57. The zero-order valence-corrected chi connectivity index (χ0v) is 20.0. The molecule has 1 aliphatic heterocycles. The molecular formula is C26H27ClFN5O. The maximum Gasteiger partial charge on any atom is 0.163 e. The molecule has 1 saturated heterocycles. The van der Waals surface area contributed by atoms with Gasteiger partial charge in [0, 0.05) is 45.6 Å². The topological polar surface area (TPSA) is 86.3 Å². The Kier molecular flexibility index (Phi) is 6.32. The maximum atomic E-state index is 14.9. The van der Waals surface area contributed by atoms with Crippen LogP contribution in [0.1, 0.15) is 50.0 Å². The number of pyridine rings is 1. The number of ether oxygens (including phenoxy) is 1. The molecule has 2 N–H and O–H groups in total. The molecule has 0 bridgehead atoms. The lowest BCUT2D eigenvalue weighted by Gasteiger charge is -2.33. The minimum absolute atomic E-state index is 0.00107. The summed E-state index contributed by atoms with van der Waals surface area (Å²) in [5, 5.41) is 1.04. The number of hydrogen-bond acceptors (Lipinski definition) is 6. The van der Waals surface area contributed by atoms with E-state index in [1.807, 2.05) is 32.2 Å². The van der Waals surface area contributed by atoms with Gasteiger partial charge in [0.15, 0.2) is 5.65 Å². The lowest BCUT2D eigenvalue weighted by atomic mass is 9.88. The van der Waals surface area contributed by atoms with E-state index in [0.29, 0.717) is 45.6 Å². The molecule has 2 fully saturated rings. The maximum absolute atomic E-state index is 14.9. The van der Waals surface area contributed by atoms with E-state index >= 15 is 0 Å². The Hall–Kier alpha value is -2.90. The average Bonchev–Trinajstić information content (AvgIpc) is 3.63. The summed E-state index contributed by atoms with van der Waals surface area (Å²) in [6.45, 7) is 3.95. The van der Waals surface area contributed by atoms with E-state index in [2.05, 4.69) is 9.98 Å². The Morgan fingerprint density at radius 2 is 2.00 bits per heavy atom. The van der Waals surface area contributed by atoms with Crippen LogP contribution in [-0.2, 0) is 4.74 Å². The van der Waals surface area contributed by atoms with Gasteiger partial charge < -0.3 is 10.5 Å². The van der Waals surface area contributed by atoms with Crippen LogP contribution in [0.3, 0.4) is 0 Å². The van der Waals surface area contributed by atoms with Crippen LogP contribution >= 0.6 is 11.6 Å². The van der Waals surface area contributed by atoms with Crippen LogP contribution in [0.5, 0.6) is 0 Å². The van der Waals surface area contributed by atoms with Gasteiger partial charge in [0.2, 0.25) is 0 Å². The van der Waals surface area contributed by atoms with Gasteiger partial charge in [0.1, 0.15) is 11.6 Å². The van der Waals surface area contributed by atoms with Gasteiger partial charge in [-0.3, -0.25) is 4.99 Å². The van der Waals surface area contributed by atoms with Crippen LogP contribution in [0.15, 0.2) is 47.1 Å². The summed E-state index contributed by atoms with van der Waals surface area (Å²) in [5.41, 5.74) is 9.07. The normalized spacial score (nSPS) is 23.6. The number of fused-ring (bicyclic) bond motifs is 1. The lowest BCUT2D eigenvalue weighted by molar-refractivity contribution is -0.0272. The Morgan fingerprint density at radius 3 is 2.74 bits per heavy atom. The fraction of sp³-hybridized carbons (Fsp3) is 0.385. The molecule has 1 saturated carbocycles. The van der Waals surface area contributed by atoms with E-state index < -0.39 is 5.82 Å². The molecule has 3 atom stereocenters. The van der Waals surface area contributed by atoms with Crippen LogP contribution in [-0.4, -0.2) is 39.4 Å². The third-order valence-electron chi connectivity index (χ3n) is 6.32. The number of nitrogens with two attached hydrogens (primary N) is 1. The highest BCUT2D eigenvalue weighted by Gasteiger charge is 2.33. The summed E-state index contributed by atoms with van der Waals surface area (Å²) < 4.78 is 21.1. The van der Waals surface area contributed by atoms with Crippen LogP contribution in [0, 0.1) is 12.7 Å². The van der Waals surface area contributed by atoms with E-state index in [0.717, 1.165) is 30.5 Å². The molecule has 0 unspecified atom stereocenters. The van der Waals surface area contributed by atoms with Gasteiger partial charge in [-0.05, 0) is 69.9 Å². The Labute approximate surface area is 203 Å². The van der Waals surface area contributed by atoms with Crippen LogP contribution in [0.25, 0.3) is 22.3 Å². The molecule has 3 aromatic rings. The second-order valence-electron chi connectivity index (χ2n) is 9.16. The highest BCUT2D eigenvalue weighted by Crippen LogP contribution is 2.37. The van der Waals surface area contributed by atoms with Gasteiger partial charge in [-0.1, -0.05) is 11.6 Å². The van der Waals surface area contributed by atoms with Crippen LogP contribution in [0.2, 0.25) is 5.02 Å². The molecule has 3 heterocycles. The van der Waals surface area contributed by atoms with Crippen LogP contribution < -0.4 is 5.73 Å². The van der Waals surface area contributed by atoms with Crippen LogP contribution in [0.4, 0.5) is 4.39 Å². The molecular weight excluding hydrogens is 453 g/mol. The smallest absolute Gasteiger partial charge is 0.163 e. The number of nitrogens with zero attached hydrogens (tertiary/aromatic N) is 4. The first-order valence-electron chi connectivity index (χ1n) is 11.6.